The molecule has 18 heavy (non-hydrogen) atoms. The van der Waals surface area contributed by atoms with Crippen LogP contribution in [0.15, 0.2) is 30.5 Å². The highest BCUT2D eigenvalue weighted by Crippen LogP contribution is 2.14. The van der Waals surface area contributed by atoms with E-state index in [0.717, 1.165) is 35.6 Å². The van der Waals surface area contributed by atoms with Crippen LogP contribution in [-0.2, 0) is 6.42 Å². The lowest BCUT2D eigenvalue weighted by Gasteiger charge is -2.05. The molecule has 94 valence electrons. The van der Waals surface area contributed by atoms with E-state index in [1.165, 1.54) is 6.20 Å². The molecule has 0 saturated heterocycles. The lowest BCUT2D eigenvalue weighted by molar-refractivity contribution is 0.103. The Bertz CT molecular complexity index is 516. The Labute approximate surface area is 114 Å². The molecule has 0 aliphatic heterocycles. The van der Waals surface area contributed by atoms with Crippen LogP contribution in [0.3, 0.4) is 0 Å². The third-order valence-corrected chi connectivity index (χ3v) is 3.30. The molecule has 1 heterocycles. The largest absolute Gasteiger partial charge is 0.321 e. The summed E-state index contributed by atoms with van der Waals surface area (Å²) in [6.45, 7) is 0. The smallest absolute Gasteiger partial charge is 0.269 e. The van der Waals surface area contributed by atoms with E-state index in [9.17, 15) is 4.79 Å². The molecule has 1 aromatic carbocycles. The van der Waals surface area contributed by atoms with Crippen molar-refractivity contribution in [3.05, 3.63) is 40.9 Å². The number of benzene rings is 1. The number of aryl methyl sites for hydroxylation is 1. The first-order chi connectivity index (χ1) is 8.79. The fourth-order valence-electron chi connectivity index (χ4n) is 1.54. The Balaban J connectivity index is 2.03. The minimum absolute atomic E-state index is 0.181. The first-order valence-corrected chi connectivity index (χ1v) is 6.84. The van der Waals surface area contributed by atoms with Crippen LogP contribution in [0.25, 0.3) is 0 Å². The van der Waals surface area contributed by atoms with Crippen molar-refractivity contribution in [2.24, 2.45) is 0 Å². The number of hydrogen-bond donors (Lipinski definition) is 1. The van der Waals surface area contributed by atoms with Gasteiger partial charge in [0.2, 0.25) is 0 Å². The van der Waals surface area contributed by atoms with Gasteiger partial charge in [0.1, 0.15) is 4.88 Å². The van der Waals surface area contributed by atoms with Gasteiger partial charge in [-0.15, -0.1) is 16.7 Å². The van der Waals surface area contributed by atoms with Gasteiger partial charge in [0.05, 0.1) is 6.20 Å². The second-order valence-electron chi connectivity index (χ2n) is 3.73. The molecule has 2 rings (SSSR count). The summed E-state index contributed by atoms with van der Waals surface area (Å²) in [4.78, 5) is 12.3. The fourth-order valence-corrected chi connectivity index (χ4v) is 2.08. The second-order valence-corrected chi connectivity index (χ2v) is 4.89. The van der Waals surface area contributed by atoms with Crippen molar-refractivity contribution in [3.63, 3.8) is 0 Å². The van der Waals surface area contributed by atoms with E-state index < -0.39 is 0 Å². The predicted octanol–water partition coefficient (Wildman–Crippen LogP) is 2.96. The van der Waals surface area contributed by atoms with E-state index in [1.807, 2.05) is 24.3 Å². The van der Waals surface area contributed by atoms with Crippen molar-refractivity contribution < 1.29 is 4.79 Å². The molecule has 0 radical (unpaired) electrons. The van der Waals surface area contributed by atoms with Crippen molar-refractivity contribution in [1.82, 2.24) is 9.59 Å². The van der Waals surface area contributed by atoms with E-state index in [-0.39, 0.29) is 5.91 Å². The van der Waals surface area contributed by atoms with E-state index in [2.05, 4.69) is 14.9 Å². The van der Waals surface area contributed by atoms with Crippen LogP contribution < -0.4 is 5.32 Å². The van der Waals surface area contributed by atoms with Crippen LogP contribution in [-0.4, -0.2) is 21.4 Å². The molecule has 1 N–H and O–H groups in total. The van der Waals surface area contributed by atoms with Crippen LogP contribution >= 0.6 is 23.1 Å². The zero-order valence-corrected chi connectivity index (χ0v) is 11.2. The van der Waals surface area contributed by atoms with Crippen molar-refractivity contribution in [2.75, 3.05) is 11.2 Å². The highest BCUT2D eigenvalue weighted by molar-refractivity contribution is 7.07. The van der Waals surface area contributed by atoms with E-state index in [1.54, 1.807) is 0 Å². The predicted molar refractivity (Wildman–Crippen MR) is 73.3 cm³/mol. The molecular formula is C12H12ClN3OS. The molecular weight excluding hydrogens is 270 g/mol. The summed E-state index contributed by atoms with van der Waals surface area (Å²) in [6.07, 6.45) is 3.30. The number of hydrogen-bond acceptors (Lipinski definition) is 4. The second kappa shape index (κ2) is 6.47. The Kier molecular flexibility index (Phi) is 4.66. The molecule has 2 aromatic rings. The number of aromatic nitrogens is 2. The van der Waals surface area contributed by atoms with Gasteiger partial charge in [-0.3, -0.25) is 4.79 Å². The number of halogens is 1. The minimum atomic E-state index is -0.181. The molecule has 1 aromatic heterocycles. The van der Waals surface area contributed by atoms with Gasteiger partial charge in [0.25, 0.3) is 5.91 Å². The zero-order chi connectivity index (χ0) is 12.8. The molecule has 0 aliphatic carbocycles. The Morgan fingerprint density at radius 2 is 2.33 bits per heavy atom. The summed E-state index contributed by atoms with van der Waals surface area (Å²) in [6, 6.07) is 7.76. The number of rotatable bonds is 5. The molecule has 0 fully saturated rings. The molecule has 0 aliphatic rings. The zero-order valence-electron chi connectivity index (χ0n) is 9.60. The number of nitrogens with one attached hydrogen (secondary N) is 1. The lowest BCUT2D eigenvalue weighted by Crippen LogP contribution is -2.10. The number of amides is 1. The van der Waals surface area contributed by atoms with Crippen molar-refractivity contribution in [1.29, 1.82) is 0 Å². The van der Waals surface area contributed by atoms with E-state index >= 15 is 0 Å². The van der Waals surface area contributed by atoms with Gasteiger partial charge >= 0.3 is 0 Å². The average Bonchev–Trinajstić information content (AvgIpc) is 2.91. The lowest BCUT2D eigenvalue weighted by atomic mass is 10.1. The number of carbonyl (C=O) groups is 1. The van der Waals surface area contributed by atoms with Crippen molar-refractivity contribution in [2.45, 2.75) is 12.8 Å². The van der Waals surface area contributed by atoms with Gasteiger partial charge in [0, 0.05) is 11.6 Å². The normalized spacial score (nSPS) is 10.3. The van der Waals surface area contributed by atoms with E-state index in [4.69, 9.17) is 11.6 Å². The number of carbonyl (C=O) groups excluding carboxylic acids is 1. The summed E-state index contributed by atoms with van der Waals surface area (Å²) in [7, 11) is 0. The fraction of sp³-hybridized carbons (Fsp3) is 0.250. The number of anilines is 1. The standard InChI is InChI=1S/C12H12ClN3OS/c13-6-2-4-9-3-1-5-10(7-9)15-12(17)11-8-14-16-18-11/h1,3,5,7-8H,2,4,6H2,(H,15,17). The Hall–Kier alpha value is -1.46. The highest BCUT2D eigenvalue weighted by atomic mass is 35.5. The molecule has 4 nitrogen and oxygen atoms in total. The van der Waals surface area contributed by atoms with Crippen LogP contribution in [0.1, 0.15) is 21.7 Å². The summed E-state index contributed by atoms with van der Waals surface area (Å²) in [5.41, 5.74) is 1.94. The van der Waals surface area contributed by atoms with Crippen LogP contribution in [0, 0.1) is 0 Å². The first-order valence-electron chi connectivity index (χ1n) is 5.53. The Morgan fingerprint density at radius 3 is 3.06 bits per heavy atom. The molecule has 0 bridgehead atoms. The maximum Gasteiger partial charge on any atom is 0.269 e. The molecule has 0 spiro atoms. The van der Waals surface area contributed by atoms with Gasteiger partial charge in [-0.05, 0) is 42.1 Å². The summed E-state index contributed by atoms with van der Waals surface area (Å²) in [5, 5.41) is 6.46. The van der Waals surface area contributed by atoms with Crippen LogP contribution in [0.2, 0.25) is 0 Å². The van der Waals surface area contributed by atoms with Gasteiger partial charge < -0.3 is 5.32 Å². The van der Waals surface area contributed by atoms with E-state index in [0.29, 0.717) is 10.8 Å². The molecule has 0 unspecified atom stereocenters. The first kappa shape index (κ1) is 13.0. The third kappa shape index (κ3) is 3.51. The minimum Gasteiger partial charge on any atom is -0.321 e. The third-order valence-electron chi connectivity index (χ3n) is 2.37. The molecule has 0 atom stereocenters. The molecule has 1 amide bonds. The van der Waals surface area contributed by atoms with Gasteiger partial charge in [-0.1, -0.05) is 16.6 Å². The van der Waals surface area contributed by atoms with Crippen molar-refractivity contribution in [3.8, 4) is 0 Å². The monoisotopic (exact) mass is 281 g/mol. The SMILES string of the molecule is O=C(Nc1cccc(CCCCl)c1)c1cnns1. The Morgan fingerprint density at radius 1 is 1.44 bits per heavy atom. The quantitative estimate of drug-likeness (QED) is 0.857. The average molecular weight is 282 g/mol. The highest BCUT2D eigenvalue weighted by Gasteiger charge is 2.08. The van der Waals surface area contributed by atoms with Gasteiger partial charge in [-0.2, -0.15) is 0 Å². The maximum absolute atomic E-state index is 11.8. The number of alkyl halides is 1. The summed E-state index contributed by atoms with van der Waals surface area (Å²) < 4.78 is 3.66. The van der Waals surface area contributed by atoms with Crippen molar-refractivity contribution >= 4 is 34.7 Å². The van der Waals surface area contributed by atoms with Crippen LogP contribution in [0.4, 0.5) is 5.69 Å². The molecule has 6 heteroatoms. The topological polar surface area (TPSA) is 54.9 Å². The maximum atomic E-state index is 11.8. The summed E-state index contributed by atoms with van der Waals surface area (Å²) in [5.74, 6) is 0.461. The van der Waals surface area contributed by atoms with Crippen LogP contribution in [0.5, 0.6) is 0 Å². The van der Waals surface area contributed by atoms with Gasteiger partial charge in [-0.25, -0.2) is 0 Å². The number of nitrogens with zero attached hydrogens (tertiary/aromatic N) is 2. The summed E-state index contributed by atoms with van der Waals surface area (Å²) >= 11 is 6.74. The molecule has 0 saturated carbocycles. The van der Waals surface area contributed by atoms with Gasteiger partial charge in [0.15, 0.2) is 0 Å².